The Morgan fingerprint density at radius 3 is 2.69 bits per heavy atom. The quantitative estimate of drug-likeness (QED) is 0.828. The van der Waals surface area contributed by atoms with Crippen LogP contribution >= 0.6 is 0 Å². The Balaban J connectivity index is 1.65. The molecule has 1 aliphatic heterocycles. The van der Waals surface area contributed by atoms with Crippen LogP contribution in [0.15, 0.2) is 24.5 Å². The van der Waals surface area contributed by atoms with Crippen LogP contribution in [0.3, 0.4) is 0 Å². The topological polar surface area (TPSA) is 63.1 Å². The molecule has 1 fully saturated rings. The first kappa shape index (κ1) is 18.6. The Labute approximate surface area is 155 Å². The second kappa shape index (κ2) is 8.45. The largest absolute Gasteiger partial charge is 0.353 e. The van der Waals surface area contributed by atoms with Crippen LogP contribution in [0.2, 0.25) is 0 Å². The predicted molar refractivity (Wildman–Crippen MR) is 102 cm³/mol. The Hall–Kier alpha value is -2.21. The molecule has 0 aliphatic carbocycles. The molecule has 0 saturated carbocycles. The van der Waals surface area contributed by atoms with Gasteiger partial charge in [0.1, 0.15) is 6.04 Å². The van der Waals surface area contributed by atoms with Crippen molar-refractivity contribution in [1.29, 1.82) is 0 Å². The molecule has 1 atom stereocenters. The van der Waals surface area contributed by atoms with Crippen molar-refractivity contribution in [2.75, 3.05) is 19.6 Å². The molecule has 0 radical (unpaired) electrons. The summed E-state index contributed by atoms with van der Waals surface area (Å²) in [6, 6.07) is 3.63. The first-order chi connectivity index (χ1) is 12.6. The van der Waals surface area contributed by atoms with Crippen molar-refractivity contribution in [3.05, 3.63) is 47.0 Å². The van der Waals surface area contributed by atoms with Crippen LogP contribution in [0.5, 0.6) is 0 Å². The van der Waals surface area contributed by atoms with E-state index < -0.39 is 0 Å². The van der Waals surface area contributed by atoms with Crippen LogP contribution in [0, 0.1) is 13.8 Å². The van der Waals surface area contributed by atoms with Crippen molar-refractivity contribution in [3.8, 4) is 0 Å². The summed E-state index contributed by atoms with van der Waals surface area (Å²) in [5.74, 6) is 0.0529. The lowest BCUT2D eigenvalue weighted by atomic mass is 10.1. The molecule has 1 saturated heterocycles. The van der Waals surface area contributed by atoms with Gasteiger partial charge in [0.05, 0.1) is 12.2 Å². The van der Waals surface area contributed by atoms with Gasteiger partial charge in [-0.1, -0.05) is 13.0 Å². The van der Waals surface area contributed by atoms with Crippen LogP contribution in [0.25, 0.3) is 0 Å². The molecule has 2 aromatic heterocycles. The summed E-state index contributed by atoms with van der Waals surface area (Å²) in [5.41, 5.74) is 4.55. The highest BCUT2D eigenvalue weighted by Crippen LogP contribution is 2.24. The third-order valence-electron chi connectivity index (χ3n) is 5.26. The molecule has 0 unspecified atom stereocenters. The van der Waals surface area contributed by atoms with Crippen LogP contribution in [-0.4, -0.2) is 45.2 Å². The molecule has 1 aliphatic rings. The highest BCUT2D eigenvalue weighted by Gasteiger charge is 2.29. The van der Waals surface area contributed by atoms with Gasteiger partial charge in [0.2, 0.25) is 5.91 Å². The van der Waals surface area contributed by atoms with Crippen LogP contribution < -0.4 is 5.32 Å². The van der Waals surface area contributed by atoms with E-state index in [0.29, 0.717) is 13.1 Å². The van der Waals surface area contributed by atoms with Crippen molar-refractivity contribution in [2.24, 2.45) is 0 Å². The minimum Gasteiger partial charge on any atom is -0.353 e. The maximum atomic E-state index is 12.9. The van der Waals surface area contributed by atoms with E-state index in [2.05, 4.69) is 34.1 Å². The average Bonchev–Trinajstić information content (AvgIpc) is 3.25. The predicted octanol–water partition coefficient (Wildman–Crippen LogP) is 2.41. The minimum atomic E-state index is -0.252. The number of carbonyl (C=O) groups is 1. The number of carbonyl (C=O) groups excluding carboxylic acids is 1. The average molecular weight is 355 g/mol. The molecule has 1 amide bonds. The first-order valence-corrected chi connectivity index (χ1v) is 9.56. The van der Waals surface area contributed by atoms with E-state index in [-0.39, 0.29) is 11.9 Å². The molecule has 2 aromatic rings. The minimum absolute atomic E-state index is 0.0529. The molecule has 3 heterocycles. The Morgan fingerprint density at radius 2 is 2.08 bits per heavy atom. The van der Waals surface area contributed by atoms with Gasteiger partial charge in [-0.2, -0.15) is 5.10 Å². The van der Waals surface area contributed by atoms with Crippen molar-refractivity contribution in [1.82, 2.24) is 25.0 Å². The van der Waals surface area contributed by atoms with E-state index >= 15 is 0 Å². The van der Waals surface area contributed by atoms with Gasteiger partial charge < -0.3 is 5.32 Å². The molecule has 6 nitrogen and oxygen atoms in total. The number of hydrogen-bond donors (Lipinski definition) is 1. The molecule has 140 valence electrons. The molecular weight excluding hydrogens is 326 g/mol. The molecule has 6 heteroatoms. The standard InChI is InChI=1S/C20H29N5O/c1-4-18-15(2)23-25(16(18)3)13-10-22-20(26)19(24-11-5-6-12-24)17-8-7-9-21-14-17/h7-9,14,19H,4-6,10-13H2,1-3H3,(H,22,26)/t19-/m0/s1. The Bertz CT molecular complexity index is 734. The zero-order chi connectivity index (χ0) is 18.5. The zero-order valence-corrected chi connectivity index (χ0v) is 16.0. The second-order valence-electron chi connectivity index (χ2n) is 6.95. The van der Waals surface area contributed by atoms with Gasteiger partial charge in [0.15, 0.2) is 0 Å². The van der Waals surface area contributed by atoms with Crippen molar-refractivity contribution < 1.29 is 4.79 Å². The smallest absolute Gasteiger partial charge is 0.242 e. The Kier molecular flexibility index (Phi) is 6.04. The summed E-state index contributed by atoms with van der Waals surface area (Å²) in [4.78, 5) is 19.4. The van der Waals surface area contributed by atoms with E-state index in [4.69, 9.17) is 0 Å². The SMILES string of the molecule is CCc1c(C)nn(CCNC(=O)[C@H](c2cccnc2)N2CCCC2)c1C. The molecule has 26 heavy (non-hydrogen) atoms. The zero-order valence-electron chi connectivity index (χ0n) is 16.0. The number of likely N-dealkylation sites (tertiary alicyclic amines) is 1. The lowest BCUT2D eigenvalue weighted by Gasteiger charge is -2.26. The lowest BCUT2D eigenvalue weighted by molar-refractivity contribution is -0.126. The fourth-order valence-electron chi connectivity index (χ4n) is 3.91. The van der Waals surface area contributed by atoms with Crippen molar-refractivity contribution in [3.63, 3.8) is 0 Å². The van der Waals surface area contributed by atoms with Gasteiger partial charge in [-0.3, -0.25) is 19.4 Å². The van der Waals surface area contributed by atoms with Gasteiger partial charge in [-0.25, -0.2) is 0 Å². The molecule has 3 rings (SSSR count). The van der Waals surface area contributed by atoms with Gasteiger partial charge in [-0.15, -0.1) is 0 Å². The molecule has 0 bridgehead atoms. The summed E-state index contributed by atoms with van der Waals surface area (Å²) in [6.07, 6.45) is 6.83. The summed E-state index contributed by atoms with van der Waals surface area (Å²) < 4.78 is 2.00. The van der Waals surface area contributed by atoms with Gasteiger partial charge >= 0.3 is 0 Å². The summed E-state index contributed by atoms with van der Waals surface area (Å²) in [5, 5.41) is 7.71. The highest BCUT2D eigenvalue weighted by molar-refractivity contribution is 5.83. The second-order valence-corrected chi connectivity index (χ2v) is 6.95. The van der Waals surface area contributed by atoms with E-state index in [1.165, 1.54) is 11.3 Å². The maximum Gasteiger partial charge on any atom is 0.242 e. The molecule has 0 aromatic carbocycles. The number of nitrogens with zero attached hydrogens (tertiary/aromatic N) is 4. The monoisotopic (exact) mass is 355 g/mol. The maximum absolute atomic E-state index is 12.9. The lowest BCUT2D eigenvalue weighted by Crippen LogP contribution is -2.40. The van der Waals surface area contributed by atoms with E-state index in [1.807, 2.05) is 23.7 Å². The van der Waals surface area contributed by atoms with Gasteiger partial charge in [-0.05, 0) is 63.4 Å². The fraction of sp³-hybridized carbons (Fsp3) is 0.550. The molecular formula is C20H29N5O. The summed E-state index contributed by atoms with van der Waals surface area (Å²) in [7, 11) is 0. The number of nitrogens with one attached hydrogen (secondary N) is 1. The Morgan fingerprint density at radius 1 is 1.31 bits per heavy atom. The number of aromatic nitrogens is 3. The molecule has 1 N–H and O–H groups in total. The highest BCUT2D eigenvalue weighted by atomic mass is 16.2. The van der Waals surface area contributed by atoms with Crippen molar-refractivity contribution >= 4 is 5.91 Å². The number of pyridine rings is 1. The van der Waals surface area contributed by atoms with E-state index in [1.54, 1.807) is 12.4 Å². The fourth-order valence-corrected chi connectivity index (χ4v) is 3.91. The van der Waals surface area contributed by atoms with Gasteiger partial charge in [0, 0.05) is 24.6 Å². The van der Waals surface area contributed by atoms with Crippen LogP contribution in [-0.2, 0) is 17.8 Å². The normalized spacial score (nSPS) is 16.0. The van der Waals surface area contributed by atoms with E-state index in [9.17, 15) is 4.79 Å². The first-order valence-electron chi connectivity index (χ1n) is 9.56. The van der Waals surface area contributed by atoms with E-state index in [0.717, 1.165) is 43.6 Å². The number of aryl methyl sites for hydroxylation is 1. The summed E-state index contributed by atoms with van der Waals surface area (Å²) in [6.45, 7) is 9.50. The van der Waals surface area contributed by atoms with Crippen molar-refractivity contribution in [2.45, 2.75) is 52.6 Å². The molecule has 0 spiro atoms. The van der Waals surface area contributed by atoms with Gasteiger partial charge in [0.25, 0.3) is 0 Å². The third kappa shape index (κ3) is 3.96. The van der Waals surface area contributed by atoms with Crippen LogP contribution in [0.4, 0.5) is 0 Å². The van der Waals surface area contributed by atoms with Crippen LogP contribution in [0.1, 0.15) is 48.3 Å². The number of hydrogen-bond acceptors (Lipinski definition) is 4. The number of amides is 1. The summed E-state index contributed by atoms with van der Waals surface area (Å²) >= 11 is 0. The number of rotatable bonds is 7. The third-order valence-corrected chi connectivity index (χ3v) is 5.26.